The molecule has 0 amide bonds. The van der Waals surface area contributed by atoms with Crippen molar-refractivity contribution in [2.24, 2.45) is 0 Å². The van der Waals surface area contributed by atoms with Gasteiger partial charge in [0.2, 0.25) is 0 Å². The summed E-state index contributed by atoms with van der Waals surface area (Å²) in [6.45, 7) is 2.13. The third-order valence-corrected chi connectivity index (χ3v) is 3.39. The molecule has 0 radical (unpaired) electrons. The number of benzene rings is 1. The van der Waals surface area contributed by atoms with Crippen LogP contribution in [0.5, 0.6) is 0 Å². The van der Waals surface area contributed by atoms with E-state index in [1.165, 1.54) is 6.07 Å². The van der Waals surface area contributed by atoms with Crippen LogP contribution in [0.4, 0.5) is 4.39 Å². The first kappa shape index (κ1) is 11.5. The Morgan fingerprint density at radius 1 is 1.43 bits per heavy atom. The second-order valence-corrected chi connectivity index (χ2v) is 4.20. The molecule has 1 atom stereocenters. The summed E-state index contributed by atoms with van der Waals surface area (Å²) < 4.78 is 13.2. The predicted molar refractivity (Wildman–Crippen MR) is 60.3 cm³/mol. The quantitative estimate of drug-likeness (QED) is 0.755. The van der Waals surface area contributed by atoms with Crippen molar-refractivity contribution in [1.29, 1.82) is 0 Å². The van der Waals surface area contributed by atoms with Gasteiger partial charge in [0.1, 0.15) is 5.82 Å². The molecule has 1 rings (SSSR count). The van der Waals surface area contributed by atoms with Gasteiger partial charge in [-0.05, 0) is 25.6 Å². The van der Waals surface area contributed by atoms with Gasteiger partial charge in [0.15, 0.2) is 0 Å². The van der Waals surface area contributed by atoms with Gasteiger partial charge in [-0.25, -0.2) is 4.39 Å². The maximum Gasteiger partial charge on any atom is 0.136 e. The Morgan fingerprint density at radius 3 is 2.71 bits per heavy atom. The van der Waals surface area contributed by atoms with Crippen LogP contribution in [0.15, 0.2) is 29.2 Å². The molecule has 0 aliphatic heterocycles. The van der Waals surface area contributed by atoms with Crippen molar-refractivity contribution in [2.45, 2.75) is 24.3 Å². The minimum absolute atomic E-state index is 0.122. The second-order valence-electron chi connectivity index (χ2n) is 3.14. The SMILES string of the molecule is CCC(CSc1ccccc1F)NC. The Balaban J connectivity index is 2.49. The summed E-state index contributed by atoms with van der Waals surface area (Å²) in [4.78, 5) is 0.737. The Kier molecular flexibility index (Phi) is 4.98. The summed E-state index contributed by atoms with van der Waals surface area (Å²) in [7, 11) is 1.94. The highest BCUT2D eigenvalue weighted by Crippen LogP contribution is 2.22. The molecule has 1 unspecified atom stereocenters. The lowest BCUT2D eigenvalue weighted by molar-refractivity contribution is 0.593. The van der Waals surface area contributed by atoms with Crippen molar-refractivity contribution in [3.8, 4) is 0 Å². The summed E-state index contributed by atoms with van der Waals surface area (Å²) in [5.41, 5.74) is 0. The van der Waals surface area contributed by atoms with E-state index in [1.54, 1.807) is 17.8 Å². The monoisotopic (exact) mass is 213 g/mol. The van der Waals surface area contributed by atoms with Gasteiger partial charge < -0.3 is 5.32 Å². The normalized spacial score (nSPS) is 12.8. The number of hydrogen-bond donors (Lipinski definition) is 1. The summed E-state index contributed by atoms with van der Waals surface area (Å²) in [6.07, 6.45) is 1.07. The lowest BCUT2D eigenvalue weighted by Crippen LogP contribution is -2.26. The van der Waals surface area contributed by atoms with Gasteiger partial charge in [-0.3, -0.25) is 0 Å². The Morgan fingerprint density at radius 2 is 2.14 bits per heavy atom. The fourth-order valence-corrected chi connectivity index (χ4v) is 2.32. The molecule has 0 fully saturated rings. The van der Waals surface area contributed by atoms with Gasteiger partial charge in [0.05, 0.1) is 0 Å². The summed E-state index contributed by atoms with van der Waals surface area (Å²) >= 11 is 1.57. The third-order valence-electron chi connectivity index (χ3n) is 2.18. The fourth-order valence-electron chi connectivity index (χ4n) is 1.16. The molecular weight excluding hydrogens is 197 g/mol. The third kappa shape index (κ3) is 3.31. The van der Waals surface area contributed by atoms with E-state index in [0.29, 0.717) is 6.04 Å². The van der Waals surface area contributed by atoms with Gasteiger partial charge in [0.25, 0.3) is 0 Å². The van der Waals surface area contributed by atoms with E-state index in [4.69, 9.17) is 0 Å². The zero-order chi connectivity index (χ0) is 10.4. The lowest BCUT2D eigenvalue weighted by Gasteiger charge is -2.12. The molecule has 3 heteroatoms. The molecule has 1 nitrogen and oxygen atoms in total. The highest BCUT2D eigenvalue weighted by Gasteiger charge is 2.06. The van der Waals surface area contributed by atoms with Gasteiger partial charge in [-0.1, -0.05) is 19.1 Å². The molecule has 78 valence electrons. The molecule has 0 heterocycles. The first-order chi connectivity index (χ1) is 6.77. The van der Waals surface area contributed by atoms with Crippen molar-refractivity contribution < 1.29 is 4.39 Å². The van der Waals surface area contributed by atoms with E-state index >= 15 is 0 Å². The molecule has 0 saturated heterocycles. The van der Waals surface area contributed by atoms with E-state index in [2.05, 4.69) is 12.2 Å². The van der Waals surface area contributed by atoms with Crippen LogP contribution in [-0.4, -0.2) is 18.8 Å². The zero-order valence-corrected chi connectivity index (χ0v) is 9.40. The summed E-state index contributed by atoms with van der Waals surface area (Å²) in [5.74, 6) is 0.789. The van der Waals surface area contributed by atoms with Crippen LogP contribution in [0.3, 0.4) is 0 Å². The molecule has 0 aliphatic rings. The van der Waals surface area contributed by atoms with Gasteiger partial charge >= 0.3 is 0 Å². The molecule has 1 N–H and O–H groups in total. The van der Waals surface area contributed by atoms with E-state index < -0.39 is 0 Å². The first-order valence-electron chi connectivity index (χ1n) is 4.82. The van der Waals surface area contributed by atoms with E-state index in [0.717, 1.165) is 17.1 Å². The standard InChI is InChI=1S/C11H16FNS/c1-3-9(13-2)8-14-11-7-5-4-6-10(11)12/h4-7,9,13H,3,8H2,1-2H3. The average Bonchev–Trinajstić information content (AvgIpc) is 2.22. The Hall–Kier alpha value is -0.540. The largest absolute Gasteiger partial charge is 0.316 e. The van der Waals surface area contributed by atoms with Gasteiger partial charge in [-0.15, -0.1) is 11.8 Å². The molecule has 14 heavy (non-hydrogen) atoms. The van der Waals surface area contributed by atoms with Crippen LogP contribution in [-0.2, 0) is 0 Å². The number of rotatable bonds is 5. The highest BCUT2D eigenvalue weighted by atomic mass is 32.2. The van der Waals surface area contributed by atoms with E-state index in [-0.39, 0.29) is 5.82 Å². The predicted octanol–water partition coefficient (Wildman–Crippen LogP) is 2.92. The van der Waals surface area contributed by atoms with Gasteiger partial charge in [0, 0.05) is 16.7 Å². The van der Waals surface area contributed by atoms with Crippen molar-refractivity contribution in [3.63, 3.8) is 0 Å². The minimum atomic E-state index is -0.122. The molecule has 1 aromatic rings. The van der Waals surface area contributed by atoms with E-state index in [9.17, 15) is 4.39 Å². The maximum absolute atomic E-state index is 13.2. The average molecular weight is 213 g/mol. The molecule has 0 bridgehead atoms. The molecule has 0 spiro atoms. The van der Waals surface area contributed by atoms with E-state index in [1.807, 2.05) is 19.2 Å². The smallest absolute Gasteiger partial charge is 0.136 e. The molecule has 0 saturated carbocycles. The number of halogens is 1. The van der Waals surface area contributed by atoms with Crippen LogP contribution >= 0.6 is 11.8 Å². The number of hydrogen-bond acceptors (Lipinski definition) is 2. The zero-order valence-electron chi connectivity index (χ0n) is 8.59. The fraction of sp³-hybridized carbons (Fsp3) is 0.455. The first-order valence-corrected chi connectivity index (χ1v) is 5.81. The van der Waals surface area contributed by atoms with Crippen molar-refractivity contribution in [2.75, 3.05) is 12.8 Å². The van der Waals surface area contributed by atoms with Crippen LogP contribution in [0, 0.1) is 5.82 Å². The number of thioether (sulfide) groups is 1. The highest BCUT2D eigenvalue weighted by molar-refractivity contribution is 7.99. The number of nitrogens with one attached hydrogen (secondary N) is 1. The Labute approximate surface area is 89.1 Å². The lowest BCUT2D eigenvalue weighted by atomic mass is 10.3. The van der Waals surface area contributed by atoms with Crippen LogP contribution < -0.4 is 5.32 Å². The summed E-state index contributed by atoms with van der Waals surface area (Å²) in [5, 5.41) is 3.20. The van der Waals surface area contributed by atoms with Crippen LogP contribution in [0.2, 0.25) is 0 Å². The minimum Gasteiger partial charge on any atom is -0.316 e. The van der Waals surface area contributed by atoms with Crippen molar-refractivity contribution >= 4 is 11.8 Å². The molecule has 0 aliphatic carbocycles. The Bertz CT molecular complexity index is 274. The molecule has 1 aromatic carbocycles. The second kappa shape index (κ2) is 6.04. The van der Waals surface area contributed by atoms with Crippen molar-refractivity contribution in [3.05, 3.63) is 30.1 Å². The van der Waals surface area contributed by atoms with Crippen LogP contribution in [0.1, 0.15) is 13.3 Å². The molecule has 0 aromatic heterocycles. The molecular formula is C11H16FNS. The van der Waals surface area contributed by atoms with Gasteiger partial charge in [-0.2, -0.15) is 0 Å². The van der Waals surface area contributed by atoms with Crippen molar-refractivity contribution in [1.82, 2.24) is 5.32 Å². The maximum atomic E-state index is 13.2. The van der Waals surface area contributed by atoms with Crippen LogP contribution in [0.25, 0.3) is 0 Å². The summed E-state index contributed by atoms with van der Waals surface area (Å²) in [6, 6.07) is 7.37. The topological polar surface area (TPSA) is 12.0 Å².